The fraction of sp³-hybridized carbons (Fsp3) is 0.409. The summed E-state index contributed by atoms with van der Waals surface area (Å²) < 4.78 is 19.4. The van der Waals surface area contributed by atoms with Crippen LogP contribution in [0.1, 0.15) is 36.8 Å². The molecule has 2 heterocycles. The summed E-state index contributed by atoms with van der Waals surface area (Å²) in [6.07, 6.45) is 0.420. The summed E-state index contributed by atoms with van der Waals surface area (Å²) in [7, 11) is 1.55. The monoisotopic (exact) mass is 431 g/mol. The highest BCUT2D eigenvalue weighted by Gasteiger charge is 2.35. The third kappa shape index (κ3) is 4.94. The molecule has 2 amide bonds. The van der Waals surface area contributed by atoms with Gasteiger partial charge < -0.3 is 9.64 Å². The maximum absolute atomic E-state index is 14.3. The number of benzene rings is 1. The minimum Gasteiger partial charge on any atom is -0.383 e. The Morgan fingerprint density at radius 2 is 2.07 bits per heavy atom. The van der Waals surface area contributed by atoms with Gasteiger partial charge >= 0.3 is 0 Å². The molecule has 1 unspecified atom stereocenters. The number of methoxy groups -OCH3 is 1. The van der Waals surface area contributed by atoms with Crippen LogP contribution in [-0.2, 0) is 14.3 Å². The standard InChI is InChI=1S/C22H26FN3O3S/c1-15(2)22(28)25(10-11-29-3)14-21(27)26-19(20-9-6-12-30-20)13-18(24-26)16-7-4-5-8-17(16)23/h4-9,12,15,19H,10-11,13-14H2,1-3H3. The van der Waals surface area contributed by atoms with E-state index >= 15 is 0 Å². The Labute approximate surface area is 179 Å². The van der Waals surface area contributed by atoms with Gasteiger partial charge in [0.1, 0.15) is 12.4 Å². The number of amides is 2. The molecule has 160 valence electrons. The van der Waals surface area contributed by atoms with E-state index in [0.717, 1.165) is 4.88 Å². The van der Waals surface area contributed by atoms with Gasteiger partial charge in [-0.3, -0.25) is 9.59 Å². The van der Waals surface area contributed by atoms with Gasteiger partial charge in [-0.1, -0.05) is 38.1 Å². The first-order valence-electron chi connectivity index (χ1n) is 9.88. The lowest BCUT2D eigenvalue weighted by Crippen LogP contribution is -2.44. The zero-order valence-corrected chi connectivity index (χ0v) is 18.2. The van der Waals surface area contributed by atoms with Crippen LogP contribution in [-0.4, -0.2) is 54.2 Å². The molecular formula is C22H26FN3O3S. The van der Waals surface area contributed by atoms with Gasteiger partial charge in [-0.05, 0) is 17.5 Å². The normalized spacial score (nSPS) is 16.1. The molecule has 3 rings (SSSR count). The fourth-order valence-electron chi connectivity index (χ4n) is 3.37. The number of thiophene rings is 1. The minimum absolute atomic E-state index is 0.101. The topological polar surface area (TPSA) is 62.2 Å². The SMILES string of the molecule is COCCN(CC(=O)N1N=C(c2ccccc2F)CC1c1cccs1)C(=O)C(C)C. The van der Waals surface area contributed by atoms with Crippen molar-refractivity contribution in [3.05, 3.63) is 58.0 Å². The maximum atomic E-state index is 14.3. The van der Waals surface area contributed by atoms with Crippen molar-refractivity contribution in [3.8, 4) is 0 Å². The van der Waals surface area contributed by atoms with E-state index in [1.165, 1.54) is 27.3 Å². The second-order valence-electron chi connectivity index (χ2n) is 7.41. The van der Waals surface area contributed by atoms with Gasteiger partial charge in [-0.15, -0.1) is 11.3 Å². The highest BCUT2D eigenvalue weighted by Crippen LogP contribution is 2.35. The molecule has 1 aromatic carbocycles. The molecule has 0 saturated carbocycles. The van der Waals surface area contributed by atoms with E-state index in [0.29, 0.717) is 30.8 Å². The van der Waals surface area contributed by atoms with Gasteiger partial charge in [-0.25, -0.2) is 9.40 Å². The molecule has 1 aliphatic heterocycles. The van der Waals surface area contributed by atoms with E-state index in [1.54, 1.807) is 39.2 Å². The molecule has 0 bridgehead atoms. The number of hydrazone groups is 1. The van der Waals surface area contributed by atoms with Crippen LogP contribution in [0.25, 0.3) is 0 Å². The summed E-state index contributed by atoms with van der Waals surface area (Å²) in [6, 6.07) is 9.97. The van der Waals surface area contributed by atoms with Gasteiger partial charge in [0.2, 0.25) is 5.91 Å². The predicted molar refractivity (Wildman–Crippen MR) is 115 cm³/mol. The molecule has 0 spiro atoms. The van der Waals surface area contributed by atoms with Crippen LogP contribution in [0, 0.1) is 11.7 Å². The summed E-state index contributed by atoms with van der Waals surface area (Å²) in [5, 5.41) is 7.83. The summed E-state index contributed by atoms with van der Waals surface area (Å²) in [5.74, 6) is -1.03. The van der Waals surface area contributed by atoms with E-state index in [-0.39, 0.29) is 36.1 Å². The quantitative estimate of drug-likeness (QED) is 0.640. The van der Waals surface area contributed by atoms with E-state index < -0.39 is 0 Å². The Morgan fingerprint density at radius 1 is 1.30 bits per heavy atom. The molecule has 2 aromatic rings. The highest BCUT2D eigenvalue weighted by molar-refractivity contribution is 7.10. The number of nitrogens with zero attached hydrogens (tertiary/aromatic N) is 3. The molecule has 0 saturated heterocycles. The third-order valence-corrected chi connectivity index (χ3v) is 5.89. The van der Waals surface area contributed by atoms with Gasteiger partial charge in [0, 0.05) is 36.4 Å². The molecule has 0 fully saturated rings. The molecule has 1 aliphatic rings. The summed E-state index contributed by atoms with van der Waals surface area (Å²) in [5.41, 5.74) is 0.919. The maximum Gasteiger partial charge on any atom is 0.262 e. The first-order valence-corrected chi connectivity index (χ1v) is 10.8. The number of carbonyl (C=O) groups is 2. The average molecular weight is 432 g/mol. The van der Waals surface area contributed by atoms with Crippen molar-refractivity contribution >= 4 is 28.9 Å². The van der Waals surface area contributed by atoms with E-state index in [2.05, 4.69) is 5.10 Å². The lowest BCUT2D eigenvalue weighted by Gasteiger charge is -2.27. The minimum atomic E-state index is -0.368. The lowest BCUT2D eigenvalue weighted by molar-refractivity contribution is -0.143. The zero-order chi connectivity index (χ0) is 21.7. The number of halogens is 1. The summed E-state index contributed by atoms with van der Waals surface area (Å²) in [6.45, 7) is 4.15. The molecule has 1 aromatic heterocycles. The Balaban J connectivity index is 1.87. The van der Waals surface area contributed by atoms with Gasteiger partial charge in [0.15, 0.2) is 0 Å². The number of ether oxygens (including phenoxy) is 1. The molecule has 0 N–H and O–H groups in total. The van der Waals surface area contributed by atoms with Crippen LogP contribution < -0.4 is 0 Å². The second kappa shape index (κ2) is 9.95. The van der Waals surface area contributed by atoms with E-state index in [1.807, 2.05) is 17.5 Å². The van der Waals surface area contributed by atoms with Crippen molar-refractivity contribution in [2.75, 3.05) is 26.8 Å². The summed E-state index contributed by atoms with van der Waals surface area (Å²) in [4.78, 5) is 28.2. The van der Waals surface area contributed by atoms with Crippen LogP contribution in [0.3, 0.4) is 0 Å². The van der Waals surface area contributed by atoms with E-state index in [4.69, 9.17) is 4.74 Å². The van der Waals surface area contributed by atoms with Gasteiger partial charge in [-0.2, -0.15) is 5.10 Å². The van der Waals surface area contributed by atoms with Crippen LogP contribution in [0.4, 0.5) is 4.39 Å². The summed E-state index contributed by atoms with van der Waals surface area (Å²) >= 11 is 1.53. The predicted octanol–water partition coefficient (Wildman–Crippen LogP) is 3.70. The van der Waals surface area contributed by atoms with Crippen LogP contribution in [0.2, 0.25) is 0 Å². The Hall–Kier alpha value is -2.58. The Bertz CT molecular complexity index is 914. The van der Waals surface area contributed by atoms with Crippen LogP contribution >= 0.6 is 11.3 Å². The first kappa shape index (κ1) is 22.1. The smallest absolute Gasteiger partial charge is 0.262 e. The molecule has 0 radical (unpaired) electrons. The second-order valence-corrected chi connectivity index (χ2v) is 8.39. The third-order valence-electron chi connectivity index (χ3n) is 4.92. The van der Waals surface area contributed by atoms with Crippen LogP contribution in [0.15, 0.2) is 46.9 Å². The molecular weight excluding hydrogens is 405 g/mol. The highest BCUT2D eigenvalue weighted by atomic mass is 32.1. The van der Waals surface area contributed by atoms with Gasteiger partial charge in [0.05, 0.1) is 18.4 Å². The zero-order valence-electron chi connectivity index (χ0n) is 17.4. The van der Waals surface area contributed by atoms with Crippen molar-refractivity contribution in [1.29, 1.82) is 0 Å². The first-order chi connectivity index (χ1) is 14.4. The lowest BCUT2D eigenvalue weighted by atomic mass is 10.0. The molecule has 0 aliphatic carbocycles. The van der Waals surface area contributed by atoms with Crippen molar-refractivity contribution in [2.24, 2.45) is 11.0 Å². The van der Waals surface area contributed by atoms with Crippen molar-refractivity contribution in [1.82, 2.24) is 9.91 Å². The van der Waals surface area contributed by atoms with Crippen molar-refractivity contribution < 1.29 is 18.7 Å². The van der Waals surface area contributed by atoms with Crippen molar-refractivity contribution in [2.45, 2.75) is 26.3 Å². The number of carbonyl (C=O) groups excluding carboxylic acids is 2. The number of hydrogen-bond acceptors (Lipinski definition) is 5. The van der Waals surface area contributed by atoms with Crippen molar-refractivity contribution in [3.63, 3.8) is 0 Å². The Kier molecular flexibility index (Phi) is 7.33. The number of rotatable bonds is 8. The Morgan fingerprint density at radius 3 is 2.70 bits per heavy atom. The fourth-order valence-corrected chi connectivity index (χ4v) is 4.18. The van der Waals surface area contributed by atoms with Gasteiger partial charge in [0.25, 0.3) is 5.91 Å². The van der Waals surface area contributed by atoms with E-state index in [9.17, 15) is 14.0 Å². The molecule has 30 heavy (non-hydrogen) atoms. The molecule has 8 heteroatoms. The average Bonchev–Trinajstić information content (AvgIpc) is 3.40. The number of hydrogen-bond donors (Lipinski definition) is 0. The molecule has 6 nitrogen and oxygen atoms in total. The largest absolute Gasteiger partial charge is 0.383 e. The van der Waals surface area contributed by atoms with Crippen LogP contribution in [0.5, 0.6) is 0 Å². The molecule has 1 atom stereocenters.